The van der Waals surface area contributed by atoms with Gasteiger partial charge in [0.2, 0.25) is 0 Å². The number of halogens is 1. The smallest absolute Gasteiger partial charge is 0.335 e. The molecule has 0 aromatic heterocycles. The Balaban J connectivity index is 2.23. The zero-order chi connectivity index (χ0) is 10.4. The molecular weight excluding hydrogens is 297 g/mol. The van der Waals surface area contributed by atoms with E-state index in [2.05, 4.69) is 5.48 Å². The number of alkyl halides is 1. The van der Waals surface area contributed by atoms with Gasteiger partial charge in [-0.05, 0) is 12.8 Å². The van der Waals surface area contributed by atoms with Crippen molar-refractivity contribution in [2.75, 3.05) is 4.43 Å². The molecule has 0 unspecified atom stereocenters. The number of nitrogens with one attached hydrogen (secondary N) is 1. The number of hydrogen-bond acceptors (Lipinski definition) is 3. The average molecular weight is 311 g/mol. The van der Waals surface area contributed by atoms with E-state index in [0.717, 1.165) is 25.7 Å². The molecular formula is C9H14INO3. The van der Waals surface area contributed by atoms with Gasteiger partial charge < -0.3 is 4.84 Å². The van der Waals surface area contributed by atoms with E-state index in [1.54, 1.807) is 0 Å². The molecule has 80 valence electrons. The molecule has 0 aromatic carbocycles. The van der Waals surface area contributed by atoms with Crippen LogP contribution in [-0.4, -0.2) is 16.3 Å². The van der Waals surface area contributed by atoms with E-state index in [0.29, 0.717) is 4.43 Å². The minimum absolute atomic E-state index is 0.0155. The SMILES string of the molecule is O=C(CI)NOC(=O)C1CCCCC1. The second-order valence-corrected chi connectivity index (χ2v) is 4.18. The zero-order valence-corrected chi connectivity index (χ0v) is 10.1. The highest BCUT2D eigenvalue weighted by atomic mass is 127. The molecule has 0 aromatic rings. The van der Waals surface area contributed by atoms with Crippen LogP contribution in [0.3, 0.4) is 0 Å². The minimum Gasteiger partial charge on any atom is -0.340 e. The molecule has 1 fully saturated rings. The van der Waals surface area contributed by atoms with E-state index in [1.807, 2.05) is 22.6 Å². The van der Waals surface area contributed by atoms with Gasteiger partial charge in [0.05, 0.1) is 10.3 Å². The van der Waals surface area contributed by atoms with Crippen LogP contribution in [0.4, 0.5) is 0 Å². The average Bonchev–Trinajstić information content (AvgIpc) is 2.26. The molecule has 1 aliphatic carbocycles. The minimum atomic E-state index is -0.289. The Labute approximate surface area is 96.9 Å². The molecule has 0 radical (unpaired) electrons. The van der Waals surface area contributed by atoms with Crippen LogP contribution < -0.4 is 5.48 Å². The molecule has 0 bridgehead atoms. The van der Waals surface area contributed by atoms with Gasteiger partial charge >= 0.3 is 5.97 Å². The third-order valence-corrected chi connectivity index (χ3v) is 3.02. The Hall–Kier alpha value is -0.330. The lowest BCUT2D eigenvalue weighted by molar-refractivity contribution is -0.162. The molecule has 0 spiro atoms. The van der Waals surface area contributed by atoms with E-state index in [1.165, 1.54) is 6.42 Å². The van der Waals surface area contributed by atoms with Gasteiger partial charge in [-0.2, -0.15) is 5.48 Å². The second kappa shape index (κ2) is 6.21. The normalized spacial score (nSPS) is 17.5. The summed E-state index contributed by atoms with van der Waals surface area (Å²) in [6, 6.07) is 0. The highest BCUT2D eigenvalue weighted by Crippen LogP contribution is 2.24. The first kappa shape index (κ1) is 11.7. The van der Waals surface area contributed by atoms with Crippen molar-refractivity contribution in [3.63, 3.8) is 0 Å². The summed E-state index contributed by atoms with van der Waals surface area (Å²) in [4.78, 5) is 26.9. The number of hydrogen-bond donors (Lipinski definition) is 1. The summed E-state index contributed by atoms with van der Waals surface area (Å²) < 4.78 is 0.301. The maximum atomic E-state index is 11.4. The van der Waals surface area contributed by atoms with Crippen molar-refractivity contribution in [1.29, 1.82) is 0 Å². The van der Waals surface area contributed by atoms with E-state index >= 15 is 0 Å². The van der Waals surface area contributed by atoms with Crippen LogP contribution in [0, 0.1) is 5.92 Å². The number of hydroxylamine groups is 1. The first-order valence-electron chi connectivity index (χ1n) is 4.79. The van der Waals surface area contributed by atoms with Crippen LogP contribution in [0.1, 0.15) is 32.1 Å². The fraction of sp³-hybridized carbons (Fsp3) is 0.778. The van der Waals surface area contributed by atoms with Gasteiger partial charge in [-0.3, -0.25) is 4.79 Å². The lowest BCUT2D eigenvalue weighted by Gasteiger charge is -2.19. The Bertz CT molecular complexity index is 214. The molecule has 1 aliphatic rings. The van der Waals surface area contributed by atoms with Crippen molar-refractivity contribution in [3.8, 4) is 0 Å². The summed E-state index contributed by atoms with van der Waals surface area (Å²) in [6.07, 6.45) is 5.14. The molecule has 14 heavy (non-hydrogen) atoms. The molecule has 4 nitrogen and oxygen atoms in total. The highest BCUT2D eigenvalue weighted by molar-refractivity contribution is 14.1. The van der Waals surface area contributed by atoms with Crippen molar-refractivity contribution in [2.24, 2.45) is 5.92 Å². The van der Waals surface area contributed by atoms with Crippen molar-refractivity contribution in [2.45, 2.75) is 32.1 Å². The number of carbonyl (C=O) groups is 2. The third-order valence-electron chi connectivity index (χ3n) is 2.33. The predicted molar refractivity (Wildman–Crippen MR) is 59.7 cm³/mol. The summed E-state index contributed by atoms with van der Waals surface area (Å²) in [7, 11) is 0. The summed E-state index contributed by atoms with van der Waals surface area (Å²) >= 11 is 1.91. The van der Waals surface area contributed by atoms with E-state index in [4.69, 9.17) is 4.84 Å². The maximum Gasteiger partial charge on any atom is 0.335 e. The van der Waals surface area contributed by atoms with Crippen LogP contribution in [0.15, 0.2) is 0 Å². The van der Waals surface area contributed by atoms with E-state index in [-0.39, 0.29) is 17.8 Å². The Morgan fingerprint density at radius 3 is 2.50 bits per heavy atom. The monoisotopic (exact) mass is 311 g/mol. The Morgan fingerprint density at radius 1 is 1.29 bits per heavy atom. The number of amides is 1. The van der Waals surface area contributed by atoms with Crippen LogP contribution in [-0.2, 0) is 14.4 Å². The fourth-order valence-electron chi connectivity index (χ4n) is 1.56. The molecule has 1 rings (SSSR count). The molecule has 1 saturated carbocycles. The van der Waals surface area contributed by atoms with Crippen LogP contribution >= 0.6 is 22.6 Å². The van der Waals surface area contributed by atoms with Crippen molar-refractivity contribution in [3.05, 3.63) is 0 Å². The highest BCUT2D eigenvalue weighted by Gasteiger charge is 2.23. The Kier molecular flexibility index (Phi) is 5.21. The van der Waals surface area contributed by atoms with Crippen molar-refractivity contribution < 1.29 is 14.4 Å². The quantitative estimate of drug-likeness (QED) is 0.478. The lowest BCUT2D eigenvalue weighted by atomic mass is 9.89. The third kappa shape index (κ3) is 3.81. The van der Waals surface area contributed by atoms with Crippen molar-refractivity contribution in [1.82, 2.24) is 5.48 Å². The largest absolute Gasteiger partial charge is 0.340 e. The van der Waals surface area contributed by atoms with Crippen LogP contribution in [0.25, 0.3) is 0 Å². The van der Waals surface area contributed by atoms with Crippen LogP contribution in [0.2, 0.25) is 0 Å². The predicted octanol–water partition coefficient (Wildman–Crippen LogP) is 1.58. The maximum absolute atomic E-state index is 11.4. The van der Waals surface area contributed by atoms with E-state index in [9.17, 15) is 9.59 Å². The molecule has 0 heterocycles. The Morgan fingerprint density at radius 2 is 1.93 bits per heavy atom. The summed E-state index contributed by atoms with van der Waals surface area (Å²) in [5.41, 5.74) is 2.13. The topological polar surface area (TPSA) is 55.4 Å². The van der Waals surface area contributed by atoms with Crippen molar-refractivity contribution >= 4 is 34.5 Å². The molecule has 1 amide bonds. The van der Waals surface area contributed by atoms with E-state index < -0.39 is 0 Å². The van der Waals surface area contributed by atoms with Gasteiger partial charge in [0.1, 0.15) is 0 Å². The first-order valence-corrected chi connectivity index (χ1v) is 6.32. The first-order chi connectivity index (χ1) is 6.74. The van der Waals surface area contributed by atoms with Gasteiger partial charge in [0, 0.05) is 0 Å². The second-order valence-electron chi connectivity index (χ2n) is 3.41. The zero-order valence-electron chi connectivity index (χ0n) is 7.92. The van der Waals surface area contributed by atoms with Crippen LogP contribution in [0.5, 0.6) is 0 Å². The van der Waals surface area contributed by atoms with Gasteiger partial charge in [-0.25, -0.2) is 4.79 Å². The van der Waals surface area contributed by atoms with Gasteiger partial charge in [-0.15, -0.1) is 0 Å². The summed E-state index contributed by atoms with van der Waals surface area (Å²) in [5.74, 6) is -0.573. The molecule has 1 N–H and O–H groups in total. The lowest BCUT2D eigenvalue weighted by Crippen LogP contribution is -2.31. The van der Waals surface area contributed by atoms with Gasteiger partial charge in [-0.1, -0.05) is 41.9 Å². The molecule has 0 saturated heterocycles. The van der Waals surface area contributed by atoms with Gasteiger partial charge in [0.15, 0.2) is 0 Å². The summed E-state index contributed by atoms with van der Waals surface area (Å²) in [5, 5.41) is 0. The molecule has 5 heteroatoms. The molecule has 0 aliphatic heterocycles. The fourth-order valence-corrected chi connectivity index (χ4v) is 1.71. The molecule has 0 atom stereocenters. The summed E-state index contributed by atoms with van der Waals surface area (Å²) in [6.45, 7) is 0. The standard InChI is InChI=1S/C9H14INO3/c10-6-8(12)11-14-9(13)7-4-2-1-3-5-7/h7H,1-6H2,(H,11,12). The number of carbonyl (C=O) groups excluding carboxylic acids is 2. The van der Waals surface area contributed by atoms with Gasteiger partial charge in [0.25, 0.3) is 5.91 Å². The number of rotatable bonds is 2.